The molecular weight excluding hydrogens is 196 g/mol. The minimum absolute atomic E-state index is 0.196. The van der Waals surface area contributed by atoms with Crippen molar-refractivity contribution >= 4 is 0 Å². The van der Waals surface area contributed by atoms with Gasteiger partial charge in [-0.1, -0.05) is 37.6 Å². The zero-order valence-electron chi connectivity index (χ0n) is 10.7. The van der Waals surface area contributed by atoms with Crippen LogP contribution in [0.25, 0.3) is 0 Å². The molecule has 0 bridgehead atoms. The Balaban J connectivity index is 2.97. The molecule has 1 aliphatic carbocycles. The Kier molecular flexibility index (Phi) is 4.55. The predicted octanol–water partition coefficient (Wildman–Crippen LogP) is 4.27. The van der Waals surface area contributed by atoms with E-state index in [9.17, 15) is 0 Å². The van der Waals surface area contributed by atoms with Gasteiger partial charge in [0.15, 0.2) is 0 Å². The second-order valence-corrected chi connectivity index (χ2v) is 4.91. The van der Waals surface area contributed by atoms with E-state index in [1.54, 1.807) is 0 Å². The first-order valence-corrected chi connectivity index (χ1v) is 6.11. The summed E-state index contributed by atoms with van der Waals surface area (Å²) >= 11 is 0. The molecule has 0 amide bonds. The van der Waals surface area contributed by atoms with Gasteiger partial charge in [0.05, 0.1) is 12.2 Å². The largest absolute Gasteiger partial charge is 0.366 e. The molecule has 1 nitrogen and oxygen atoms in total. The van der Waals surface area contributed by atoms with Gasteiger partial charge in [0.1, 0.15) is 0 Å². The van der Waals surface area contributed by atoms with Gasteiger partial charge in [-0.15, -0.1) is 6.58 Å². The van der Waals surface area contributed by atoms with Gasteiger partial charge in [-0.05, 0) is 32.3 Å². The lowest BCUT2D eigenvalue weighted by Gasteiger charge is -2.45. The number of rotatable bonds is 5. The summed E-state index contributed by atoms with van der Waals surface area (Å²) in [6, 6.07) is 0. The van der Waals surface area contributed by atoms with Crippen LogP contribution in [-0.2, 0) is 4.74 Å². The normalized spacial score (nSPS) is 29.8. The molecule has 1 rings (SSSR count). The summed E-state index contributed by atoms with van der Waals surface area (Å²) in [5.41, 5.74) is 2.15. The summed E-state index contributed by atoms with van der Waals surface area (Å²) in [6.07, 6.45) is 6.53. The average Bonchev–Trinajstić information content (AvgIpc) is 2.26. The summed E-state index contributed by atoms with van der Waals surface area (Å²) in [5, 5.41) is 0. The smallest absolute Gasteiger partial charge is 0.0955 e. The summed E-state index contributed by atoms with van der Waals surface area (Å²) in [5.74, 6) is 0.415. The molecule has 1 heteroatoms. The third kappa shape index (κ3) is 2.46. The summed E-state index contributed by atoms with van der Waals surface area (Å²) in [4.78, 5) is 0. The van der Waals surface area contributed by atoms with Crippen molar-refractivity contribution in [2.75, 3.05) is 6.61 Å². The molecule has 0 saturated heterocycles. The molecule has 0 heterocycles. The molecule has 0 radical (unpaired) electrons. The fourth-order valence-electron chi connectivity index (χ4n) is 2.80. The lowest BCUT2D eigenvalue weighted by atomic mass is 9.69. The van der Waals surface area contributed by atoms with Crippen molar-refractivity contribution in [3.63, 3.8) is 0 Å². The highest BCUT2D eigenvalue weighted by molar-refractivity contribution is 5.21. The highest BCUT2D eigenvalue weighted by Gasteiger charge is 2.42. The topological polar surface area (TPSA) is 9.23 Å². The van der Waals surface area contributed by atoms with Crippen molar-refractivity contribution in [3.8, 4) is 0 Å². The maximum Gasteiger partial charge on any atom is 0.0955 e. The SMILES string of the molecule is C=CCO[C@@]1(C(=C)C)CCCC[C@H]1C(=C)C. The number of hydrogen-bond donors (Lipinski definition) is 0. The Bertz CT molecular complexity index is 290. The minimum Gasteiger partial charge on any atom is -0.366 e. The van der Waals surface area contributed by atoms with Crippen molar-refractivity contribution in [1.82, 2.24) is 0 Å². The quantitative estimate of drug-likeness (QED) is 0.629. The zero-order valence-corrected chi connectivity index (χ0v) is 10.7. The van der Waals surface area contributed by atoms with Crippen LogP contribution < -0.4 is 0 Å². The molecule has 0 aliphatic heterocycles. The maximum atomic E-state index is 6.08. The van der Waals surface area contributed by atoms with E-state index in [1.165, 1.54) is 24.8 Å². The number of hydrogen-bond acceptors (Lipinski definition) is 1. The van der Waals surface area contributed by atoms with Crippen LogP contribution >= 0.6 is 0 Å². The Morgan fingerprint density at radius 3 is 2.56 bits per heavy atom. The van der Waals surface area contributed by atoms with E-state index in [4.69, 9.17) is 4.74 Å². The standard InChI is InChI=1S/C15H24O/c1-6-11-16-15(13(4)5)10-8-7-9-14(15)12(2)3/h6,14H,1-2,4,7-11H2,3,5H3/t14-,15+/m0/s1. The molecule has 0 aromatic carbocycles. The predicted molar refractivity (Wildman–Crippen MR) is 70.5 cm³/mol. The van der Waals surface area contributed by atoms with Crippen LogP contribution in [0.4, 0.5) is 0 Å². The Labute approximate surface area is 99.9 Å². The van der Waals surface area contributed by atoms with Crippen LogP contribution in [0, 0.1) is 5.92 Å². The second kappa shape index (κ2) is 5.49. The first-order chi connectivity index (χ1) is 7.54. The van der Waals surface area contributed by atoms with Crippen LogP contribution in [0.5, 0.6) is 0 Å². The second-order valence-electron chi connectivity index (χ2n) is 4.91. The van der Waals surface area contributed by atoms with Crippen LogP contribution in [-0.4, -0.2) is 12.2 Å². The third-order valence-corrected chi connectivity index (χ3v) is 3.63. The van der Waals surface area contributed by atoms with E-state index in [1.807, 2.05) is 6.08 Å². The van der Waals surface area contributed by atoms with Crippen LogP contribution in [0.15, 0.2) is 37.0 Å². The van der Waals surface area contributed by atoms with Gasteiger partial charge in [-0.3, -0.25) is 0 Å². The van der Waals surface area contributed by atoms with Crippen LogP contribution in [0.3, 0.4) is 0 Å². The van der Waals surface area contributed by atoms with E-state index < -0.39 is 0 Å². The van der Waals surface area contributed by atoms with Gasteiger partial charge in [0.25, 0.3) is 0 Å². The molecule has 2 atom stereocenters. The summed E-state index contributed by atoms with van der Waals surface area (Å²) in [7, 11) is 0. The van der Waals surface area contributed by atoms with E-state index in [0.29, 0.717) is 12.5 Å². The lowest BCUT2D eigenvalue weighted by Crippen LogP contribution is -2.44. The first kappa shape index (κ1) is 13.2. The lowest BCUT2D eigenvalue weighted by molar-refractivity contribution is -0.0578. The van der Waals surface area contributed by atoms with E-state index >= 15 is 0 Å². The van der Waals surface area contributed by atoms with Gasteiger partial charge in [-0.25, -0.2) is 0 Å². The molecular formula is C15H24O. The molecule has 0 unspecified atom stereocenters. The molecule has 1 aliphatic rings. The molecule has 1 fully saturated rings. The highest BCUT2D eigenvalue weighted by atomic mass is 16.5. The fourth-order valence-corrected chi connectivity index (χ4v) is 2.80. The van der Waals surface area contributed by atoms with Gasteiger partial charge in [-0.2, -0.15) is 0 Å². The van der Waals surface area contributed by atoms with Crippen molar-refractivity contribution in [2.24, 2.45) is 5.92 Å². The summed E-state index contributed by atoms with van der Waals surface area (Å²) in [6.45, 7) is 16.8. The van der Waals surface area contributed by atoms with Gasteiger partial charge >= 0.3 is 0 Å². The molecule has 0 aromatic rings. The van der Waals surface area contributed by atoms with Crippen molar-refractivity contribution in [2.45, 2.75) is 45.1 Å². The van der Waals surface area contributed by atoms with Crippen LogP contribution in [0.1, 0.15) is 39.5 Å². The Hall–Kier alpha value is -0.820. The fraction of sp³-hybridized carbons (Fsp3) is 0.600. The minimum atomic E-state index is -0.196. The van der Waals surface area contributed by atoms with Crippen molar-refractivity contribution in [1.29, 1.82) is 0 Å². The monoisotopic (exact) mass is 220 g/mol. The van der Waals surface area contributed by atoms with Crippen molar-refractivity contribution in [3.05, 3.63) is 37.0 Å². The molecule has 1 saturated carbocycles. The molecule has 16 heavy (non-hydrogen) atoms. The van der Waals surface area contributed by atoms with Crippen LogP contribution in [0.2, 0.25) is 0 Å². The van der Waals surface area contributed by atoms with E-state index in [-0.39, 0.29) is 5.60 Å². The number of ether oxygens (including phenoxy) is 1. The van der Waals surface area contributed by atoms with E-state index in [2.05, 4.69) is 33.6 Å². The molecule has 0 spiro atoms. The van der Waals surface area contributed by atoms with E-state index in [0.717, 1.165) is 12.0 Å². The first-order valence-electron chi connectivity index (χ1n) is 6.11. The maximum absolute atomic E-state index is 6.08. The third-order valence-electron chi connectivity index (χ3n) is 3.63. The van der Waals surface area contributed by atoms with Gasteiger partial charge in [0, 0.05) is 5.92 Å². The van der Waals surface area contributed by atoms with Crippen molar-refractivity contribution < 1.29 is 4.74 Å². The molecule has 0 aromatic heterocycles. The summed E-state index contributed by atoms with van der Waals surface area (Å²) < 4.78 is 6.08. The average molecular weight is 220 g/mol. The molecule has 90 valence electrons. The zero-order chi connectivity index (χ0) is 12.2. The highest BCUT2D eigenvalue weighted by Crippen LogP contribution is 2.44. The van der Waals surface area contributed by atoms with Gasteiger partial charge < -0.3 is 4.74 Å². The van der Waals surface area contributed by atoms with Gasteiger partial charge in [0.2, 0.25) is 0 Å². The Morgan fingerprint density at radius 2 is 2.06 bits per heavy atom. The molecule has 0 N–H and O–H groups in total. The Morgan fingerprint density at radius 1 is 1.38 bits per heavy atom.